The summed E-state index contributed by atoms with van der Waals surface area (Å²) in [4.78, 5) is 28.5. The number of benzene rings is 1. The van der Waals surface area contributed by atoms with Gasteiger partial charge in [0.25, 0.3) is 0 Å². The van der Waals surface area contributed by atoms with E-state index in [-0.39, 0.29) is 23.0 Å². The van der Waals surface area contributed by atoms with E-state index in [0.717, 1.165) is 49.2 Å². The van der Waals surface area contributed by atoms with E-state index in [1.807, 2.05) is 0 Å². The van der Waals surface area contributed by atoms with E-state index in [1.54, 1.807) is 12.1 Å². The summed E-state index contributed by atoms with van der Waals surface area (Å²) in [5, 5.41) is 0. The molecule has 154 valence electrons. The average Bonchev–Trinajstić information content (AvgIpc) is 3.20. The first kappa shape index (κ1) is 19.9. The van der Waals surface area contributed by atoms with Gasteiger partial charge in [0, 0.05) is 36.7 Å². The van der Waals surface area contributed by atoms with Gasteiger partial charge in [-0.3, -0.25) is 9.59 Å². The molecular formula is C24H28FNO3. The van der Waals surface area contributed by atoms with Gasteiger partial charge in [-0.2, -0.15) is 0 Å². The smallest absolute Gasteiger partial charge is 0.315 e. The number of hydrogen-bond donors (Lipinski definition) is 0. The Labute approximate surface area is 171 Å². The summed E-state index contributed by atoms with van der Waals surface area (Å²) in [6, 6.07) is 6.19. The fourth-order valence-corrected chi connectivity index (χ4v) is 5.17. The summed E-state index contributed by atoms with van der Waals surface area (Å²) >= 11 is 0. The Bertz CT molecular complexity index is 891. The molecule has 5 heteroatoms. The Morgan fingerprint density at radius 1 is 1.14 bits per heavy atom. The van der Waals surface area contributed by atoms with Crippen molar-refractivity contribution in [2.75, 3.05) is 20.2 Å². The second-order valence-electron chi connectivity index (χ2n) is 9.17. The first-order chi connectivity index (χ1) is 13.8. The maximum absolute atomic E-state index is 13.6. The van der Waals surface area contributed by atoms with Crippen molar-refractivity contribution in [1.82, 2.24) is 4.90 Å². The number of carbonyl (C=O) groups excluding carboxylic acids is 2. The highest BCUT2D eigenvalue weighted by atomic mass is 19.1. The normalized spacial score (nSPS) is 26.3. The number of methoxy groups -OCH3 is 1. The summed E-state index contributed by atoms with van der Waals surface area (Å²) in [7, 11) is 1.39. The van der Waals surface area contributed by atoms with Crippen molar-refractivity contribution < 1.29 is 18.7 Å². The number of carbonyl (C=O) groups is 2. The Morgan fingerprint density at radius 2 is 1.79 bits per heavy atom. The van der Waals surface area contributed by atoms with Gasteiger partial charge in [0.2, 0.25) is 0 Å². The van der Waals surface area contributed by atoms with Gasteiger partial charge in [0.1, 0.15) is 11.7 Å². The SMILES string of the molecule is COC(=O)C1C(N2CCCC2)=CC2=C(C(=O)CC(C)(C)C2)C1c1ccc(F)cc1. The van der Waals surface area contributed by atoms with Crippen LogP contribution < -0.4 is 0 Å². The van der Waals surface area contributed by atoms with Gasteiger partial charge < -0.3 is 9.64 Å². The van der Waals surface area contributed by atoms with Crippen LogP contribution in [-0.2, 0) is 14.3 Å². The number of allylic oxidation sites excluding steroid dienone is 3. The maximum atomic E-state index is 13.6. The van der Waals surface area contributed by atoms with Crippen molar-refractivity contribution in [3.63, 3.8) is 0 Å². The van der Waals surface area contributed by atoms with Crippen LogP contribution in [0.2, 0.25) is 0 Å². The van der Waals surface area contributed by atoms with Gasteiger partial charge in [0.05, 0.1) is 7.11 Å². The molecule has 1 heterocycles. The van der Waals surface area contributed by atoms with Crippen molar-refractivity contribution in [3.05, 3.63) is 58.6 Å². The van der Waals surface area contributed by atoms with Crippen molar-refractivity contribution in [1.29, 1.82) is 0 Å². The Hall–Kier alpha value is -2.43. The molecule has 4 nitrogen and oxygen atoms in total. The minimum Gasteiger partial charge on any atom is -0.468 e. The van der Waals surface area contributed by atoms with E-state index in [4.69, 9.17) is 4.74 Å². The number of nitrogens with zero attached hydrogens (tertiary/aromatic N) is 1. The molecule has 4 rings (SSSR count). The summed E-state index contributed by atoms with van der Waals surface area (Å²) in [6.45, 7) is 6.01. The molecule has 3 aliphatic rings. The molecule has 29 heavy (non-hydrogen) atoms. The van der Waals surface area contributed by atoms with E-state index in [2.05, 4.69) is 24.8 Å². The Kier molecular flexibility index (Phi) is 5.09. The van der Waals surface area contributed by atoms with Gasteiger partial charge in [-0.05, 0) is 54.0 Å². The lowest BCUT2D eigenvalue weighted by molar-refractivity contribution is -0.145. The largest absolute Gasteiger partial charge is 0.468 e. The predicted octanol–water partition coefficient (Wildman–Crippen LogP) is 4.38. The third-order valence-corrected chi connectivity index (χ3v) is 6.40. The summed E-state index contributed by atoms with van der Waals surface area (Å²) in [5.41, 5.74) is 3.32. The molecule has 1 aromatic rings. The quantitative estimate of drug-likeness (QED) is 0.711. The van der Waals surface area contributed by atoms with Crippen LogP contribution in [0.15, 0.2) is 47.2 Å². The highest BCUT2D eigenvalue weighted by Crippen LogP contribution is 2.50. The van der Waals surface area contributed by atoms with E-state index >= 15 is 0 Å². The van der Waals surface area contributed by atoms with Gasteiger partial charge in [0.15, 0.2) is 5.78 Å². The number of rotatable bonds is 3. The lowest BCUT2D eigenvalue weighted by Gasteiger charge is -2.42. The Morgan fingerprint density at radius 3 is 2.41 bits per heavy atom. The van der Waals surface area contributed by atoms with Crippen molar-refractivity contribution in [2.24, 2.45) is 11.3 Å². The van der Waals surface area contributed by atoms with Crippen LogP contribution in [0.5, 0.6) is 0 Å². The van der Waals surface area contributed by atoms with Gasteiger partial charge >= 0.3 is 5.97 Å². The van der Waals surface area contributed by atoms with Crippen LogP contribution in [0.3, 0.4) is 0 Å². The zero-order chi connectivity index (χ0) is 20.8. The van der Waals surface area contributed by atoms with Crippen molar-refractivity contribution in [2.45, 2.75) is 45.4 Å². The molecule has 0 N–H and O–H groups in total. The maximum Gasteiger partial charge on any atom is 0.315 e. The number of halogens is 1. The molecule has 0 aromatic heterocycles. The molecule has 0 amide bonds. The molecule has 0 bridgehead atoms. The Balaban J connectivity index is 1.91. The standard InChI is InChI=1S/C24H28FNO3/c1-24(2)13-16-12-18(26-10-4-5-11-26)22(23(28)29-3)21(20(16)19(27)14-24)15-6-8-17(25)9-7-15/h6-9,12,21-22H,4-5,10-11,13-14H2,1-3H3. The van der Waals surface area contributed by atoms with E-state index < -0.39 is 11.8 Å². The number of esters is 1. The average molecular weight is 397 g/mol. The van der Waals surface area contributed by atoms with E-state index in [1.165, 1.54) is 19.2 Å². The van der Waals surface area contributed by atoms with Gasteiger partial charge in [-0.15, -0.1) is 0 Å². The number of ether oxygens (including phenoxy) is 1. The van der Waals surface area contributed by atoms with Crippen LogP contribution in [0.1, 0.15) is 51.0 Å². The third-order valence-electron chi connectivity index (χ3n) is 6.40. The highest BCUT2D eigenvalue weighted by Gasteiger charge is 2.47. The summed E-state index contributed by atoms with van der Waals surface area (Å²) < 4.78 is 18.8. The van der Waals surface area contributed by atoms with Gasteiger partial charge in [-0.1, -0.05) is 26.0 Å². The van der Waals surface area contributed by atoms with Crippen molar-refractivity contribution >= 4 is 11.8 Å². The fourth-order valence-electron chi connectivity index (χ4n) is 5.17. The van der Waals surface area contributed by atoms with Crippen molar-refractivity contribution in [3.8, 4) is 0 Å². The second-order valence-corrected chi connectivity index (χ2v) is 9.17. The topological polar surface area (TPSA) is 46.6 Å². The molecule has 0 saturated carbocycles. The van der Waals surface area contributed by atoms with Crippen LogP contribution in [0, 0.1) is 17.2 Å². The molecule has 2 aliphatic carbocycles. The van der Waals surface area contributed by atoms with Crippen LogP contribution in [0.4, 0.5) is 4.39 Å². The number of Topliss-reactive ketones (excluding diaryl/α,β-unsaturated/α-hetero) is 1. The molecule has 1 saturated heterocycles. The van der Waals surface area contributed by atoms with E-state index in [0.29, 0.717) is 12.0 Å². The molecule has 2 unspecified atom stereocenters. The molecular weight excluding hydrogens is 369 g/mol. The van der Waals surface area contributed by atoms with E-state index in [9.17, 15) is 14.0 Å². The minimum atomic E-state index is -0.590. The highest BCUT2D eigenvalue weighted by molar-refractivity contribution is 6.01. The monoisotopic (exact) mass is 397 g/mol. The molecule has 0 radical (unpaired) electrons. The third kappa shape index (κ3) is 3.63. The summed E-state index contributed by atoms with van der Waals surface area (Å²) in [5.74, 6) is -1.63. The molecule has 0 spiro atoms. The lowest BCUT2D eigenvalue weighted by atomic mass is 9.64. The molecule has 1 aromatic carbocycles. The predicted molar refractivity (Wildman–Crippen MR) is 109 cm³/mol. The zero-order valence-electron chi connectivity index (χ0n) is 17.3. The fraction of sp³-hybridized carbons (Fsp3) is 0.500. The van der Waals surface area contributed by atoms with Crippen LogP contribution in [0.25, 0.3) is 0 Å². The second kappa shape index (κ2) is 7.43. The lowest BCUT2D eigenvalue weighted by Crippen LogP contribution is -2.40. The molecule has 2 atom stereocenters. The first-order valence-electron chi connectivity index (χ1n) is 10.4. The van der Waals surface area contributed by atoms with Crippen LogP contribution >= 0.6 is 0 Å². The van der Waals surface area contributed by atoms with Gasteiger partial charge in [-0.25, -0.2) is 4.39 Å². The molecule has 1 fully saturated rings. The zero-order valence-corrected chi connectivity index (χ0v) is 17.3. The number of hydrogen-bond acceptors (Lipinski definition) is 4. The molecule has 1 aliphatic heterocycles. The number of likely N-dealkylation sites (tertiary alicyclic amines) is 1. The first-order valence-corrected chi connectivity index (χ1v) is 10.4. The number of ketones is 1. The minimum absolute atomic E-state index is 0.0798. The summed E-state index contributed by atoms with van der Waals surface area (Å²) in [6.07, 6.45) is 5.48. The van der Waals surface area contributed by atoms with Crippen LogP contribution in [-0.4, -0.2) is 36.9 Å².